The van der Waals surface area contributed by atoms with Crippen molar-refractivity contribution in [1.82, 2.24) is 4.90 Å². The Kier molecular flexibility index (Phi) is 5.94. The van der Waals surface area contributed by atoms with Gasteiger partial charge in [0.2, 0.25) is 0 Å². The molecule has 168 valence electrons. The molecule has 1 aliphatic rings. The summed E-state index contributed by atoms with van der Waals surface area (Å²) < 4.78 is 0. The molecule has 4 nitrogen and oxygen atoms in total. The number of rotatable bonds is 4. The Morgan fingerprint density at radius 3 is 2.06 bits per heavy atom. The molecule has 4 rings (SSSR count). The van der Waals surface area contributed by atoms with Gasteiger partial charge >= 0.3 is 0 Å². The Morgan fingerprint density at radius 1 is 0.879 bits per heavy atom. The minimum Gasteiger partial charge on any atom is -0.507 e. The van der Waals surface area contributed by atoms with E-state index in [0.717, 1.165) is 22.3 Å². The van der Waals surface area contributed by atoms with Crippen molar-refractivity contribution >= 4 is 17.4 Å². The van der Waals surface area contributed by atoms with Crippen LogP contribution >= 0.6 is 0 Å². The summed E-state index contributed by atoms with van der Waals surface area (Å²) in [4.78, 5) is 27.9. The smallest absolute Gasteiger partial charge is 0.295 e. The number of nitrogens with zero attached hydrogens (tertiary/aromatic N) is 1. The summed E-state index contributed by atoms with van der Waals surface area (Å²) in [6.45, 7) is 8.66. The standard InChI is InChI=1S/C29H29NO3/c1-19-10-12-22(13-11-19)26(31)24-25(21-14-16-23(17-15-21)29(2,3)4)30(28(33)27(24)32)18-20-8-6-5-7-9-20/h5-17,25,31H,18H2,1-4H3/t25-/m0/s1. The van der Waals surface area contributed by atoms with Crippen LogP contribution in [0.25, 0.3) is 5.76 Å². The van der Waals surface area contributed by atoms with Crippen LogP contribution in [0.5, 0.6) is 0 Å². The Bertz CT molecular complexity index is 1200. The van der Waals surface area contributed by atoms with Crippen molar-refractivity contribution < 1.29 is 14.7 Å². The van der Waals surface area contributed by atoms with Crippen LogP contribution in [0.15, 0.2) is 84.4 Å². The first-order valence-corrected chi connectivity index (χ1v) is 11.2. The van der Waals surface area contributed by atoms with E-state index < -0.39 is 17.7 Å². The largest absolute Gasteiger partial charge is 0.507 e. The van der Waals surface area contributed by atoms with Crippen molar-refractivity contribution in [3.63, 3.8) is 0 Å². The number of ketones is 1. The summed E-state index contributed by atoms with van der Waals surface area (Å²) in [6, 6.07) is 24.2. The Balaban J connectivity index is 1.85. The summed E-state index contributed by atoms with van der Waals surface area (Å²) in [5.41, 5.74) is 4.55. The molecule has 4 heteroatoms. The average Bonchev–Trinajstić information content (AvgIpc) is 3.04. The van der Waals surface area contributed by atoms with E-state index in [0.29, 0.717) is 5.56 Å². The lowest BCUT2D eigenvalue weighted by Gasteiger charge is -2.26. The molecule has 0 unspecified atom stereocenters. The van der Waals surface area contributed by atoms with Crippen molar-refractivity contribution in [2.45, 2.75) is 45.7 Å². The highest BCUT2D eigenvalue weighted by molar-refractivity contribution is 6.46. The van der Waals surface area contributed by atoms with Gasteiger partial charge in [-0.1, -0.05) is 105 Å². The highest BCUT2D eigenvalue weighted by Gasteiger charge is 2.46. The maximum atomic E-state index is 13.2. The lowest BCUT2D eigenvalue weighted by Crippen LogP contribution is -2.29. The van der Waals surface area contributed by atoms with Gasteiger partial charge in [0.25, 0.3) is 11.7 Å². The second kappa shape index (κ2) is 8.70. The molecule has 0 bridgehead atoms. The Morgan fingerprint density at radius 2 is 1.48 bits per heavy atom. The quantitative estimate of drug-likeness (QED) is 0.312. The fourth-order valence-electron chi connectivity index (χ4n) is 4.20. The first-order valence-electron chi connectivity index (χ1n) is 11.2. The van der Waals surface area contributed by atoms with Gasteiger partial charge in [-0.2, -0.15) is 0 Å². The van der Waals surface area contributed by atoms with Gasteiger partial charge in [0.1, 0.15) is 5.76 Å². The van der Waals surface area contributed by atoms with Crippen LogP contribution in [0.3, 0.4) is 0 Å². The van der Waals surface area contributed by atoms with Gasteiger partial charge in [-0.05, 0) is 29.0 Å². The van der Waals surface area contributed by atoms with E-state index in [2.05, 4.69) is 20.8 Å². The summed E-state index contributed by atoms with van der Waals surface area (Å²) in [6.07, 6.45) is 0. The van der Waals surface area contributed by atoms with Crippen LogP contribution in [0, 0.1) is 6.92 Å². The Hall–Kier alpha value is -3.66. The number of benzene rings is 3. The highest BCUT2D eigenvalue weighted by atomic mass is 16.3. The molecular formula is C29H29NO3. The molecular weight excluding hydrogens is 410 g/mol. The maximum absolute atomic E-state index is 13.2. The third kappa shape index (κ3) is 4.47. The molecule has 0 aliphatic carbocycles. The maximum Gasteiger partial charge on any atom is 0.295 e. The average molecular weight is 440 g/mol. The van der Waals surface area contributed by atoms with Gasteiger partial charge in [0.15, 0.2) is 0 Å². The molecule has 0 radical (unpaired) electrons. The topological polar surface area (TPSA) is 57.6 Å². The molecule has 1 N–H and O–H groups in total. The number of hydrogen-bond acceptors (Lipinski definition) is 3. The van der Waals surface area contributed by atoms with Crippen LogP contribution in [0.1, 0.15) is 54.6 Å². The lowest BCUT2D eigenvalue weighted by atomic mass is 9.85. The number of Topliss-reactive ketones (excluding diaryl/α,β-unsaturated/α-hetero) is 1. The van der Waals surface area contributed by atoms with Gasteiger partial charge in [-0.3, -0.25) is 9.59 Å². The first-order chi connectivity index (χ1) is 15.7. The molecule has 3 aromatic carbocycles. The van der Waals surface area contributed by atoms with Crippen LogP contribution in [-0.2, 0) is 21.5 Å². The molecule has 1 saturated heterocycles. The molecule has 3 aromatic rings. The molecule has 1 heterocycles. The van der Waals surface area contributed by atoms with E-state index >= 15 is 0 Å². The molecule has 1 fully saturated rings. The fourth-order valence-corrected chi connectivity index (χ4v) is 4.20. The van der Waals surface area contributed by atoms with E-state index in [4.69, 9.17) is 0 Å². The summed E-state index contributed by atoms with van der Waals surface area (Å²) in [5, 5.41) is 11.2. The molecule has 33 heavy (non-hydrogen) atoms. The van der Waals surface area contributed by atoms with Gasteiger partial charge < -0.3 is 10.0 Å². The van der Waals surface area contributed by atoms with Crippen LogP contribution in [0.4, 0.5) is 0 Å². The number of carbonyl (C=O) groups is 2. The fraction of sp³-hybridized carbons (Fsp3) is 0.241. The zero-order valence-corrected chi connectivity index (χ0v) is 19.5. The van der Waals surface area contributed by atoms with E-state index in [1.807, 2.05) is 73.7 Å². The summed E-state index contributed by atoms with van der Waals surface area (Å²) in [5.74, 6) is -1.40. The predicted octanol–water partition coefficient (Wildman–Crippen LogP) is 5.91. The third-order valence-corrected chi connectivity index (χ3v) is 6.15. The molecule has 0 spiro atoms. The van der Waals surface area contributed by atoms with Crippen LogP contribution in [-0.4, -0.2) is 21.7 Å². The number of aliphatic hydroxyl groups is 1. The van der Waals surface area contributed by atoms with E-state index in [1.165, 1.54) is 0 Å². The van der Waals surface area contributed by atoms with E-state index in [1.54, 1.807) is 17.0 Å². The molecule has 1 atom stereocenters. The predicted molar refractivity (Wildman–Crippen MR) is 131 cm³/mol. The normalized spacial score (nSPS) is 18.1. The first kappa shape index (κ1) is 22.5. The van der Waals surface area contributed by atoms with Gasteiger partial charge in [0, 0.05) is 12.1 Å². The van der Waals surface area contributed by atoms with E-state index in [-0.39, 0.29) is 23.3 Å². The van der Waals surface area contributed by atoms with Crippen molar-refractivity contribution in [3.8, 4) is 0 Å². The third-order valence-electron chi connectivity index (χ3n) is 6.15. The number of likely N-dealkylation sites (tertiary alicyclic amines) is 1. The number of aliphatic hydroxyl groups excluding tert-OH is 1. The molecule has 1 amide bonds. The zero-order chi connectivity index (χ0) is 23.8. The molecule has 1 aliphatic heterocycles. The molecule has 0 saturated carbocycles. The number of carbonyl (C=O) groups excluding carboxylic acids is 2. The number of amides is 1. The number of aryl methyl sites for hydroxylation is 1. The zero-order valence-electron chi connectivity index (χ0n) is 19.5. The van der Waals surface area contributed by atoms with Crippen molar-refractivity contribution in [2.75, 3.05) is 0 Å². The van der Waals surface area contributed by atoms with Gasteiger partial charge in [-0.25, -0.2) is 0 Å². The van der Waals surface area contributed by atoms with E-state index in [9.17, 15) is 14.7 Å². The van der Waals surface area contributed by atoms with Crippen LogP contribution in [0.2, 0.25) is 0 Å². The second-order valence-electron chi connectivity index (χ2n) is 9.65. The SMILES string of the molecule is Cc1ccc(C(O)=C2C(=O)C(=O)N(Cc3ccccc3)[C@H]2c2ccc(C(C)(C)C)cc2)cc1. The monoisotopic (exact) mass is 439 g/mol. The number of hydrogen-bond donors (Lipinski definition) is 1. The van der Waals surface area contributed by atoms with Crippen molar-refractivity contribution in [3.05, 3.63) is 112 Å². The van der Waals surface area contributed by atoms with Gasteiger partial charge in [-0.15, -0.1) is 0 Å². The summed E-state index contributed by atoms with van der Waals surface area (Å²) >= 11 is 0. The minimum absolute atomic E-state index is 0.0216. The summed E-state index contributed by atoms with van der Waals surface area (Å²) in [7, 11) is 0. The Labute approximate surface area is 195 Å². The van der Waals surface area contributed by atoms with Gasteiger partial charge in [0.05, 0.1) is 11.6 Å². The minimum atomic E-state index is -0.666. The van der Waals surface area contributed by atoms with Crippen molar-refractivity contribution in [1.29, 1.82) is 0 Å². The van der Waals surface area contributed by atoms with Crippen LogP contribution < -0.4 is 0 Å². The highest BCUT2D eigenvalue weighted by Crippen LogP contribution is 2.40. The second-order valence-corrected chi connectivity index (χ2v) is 9.65. The van der Waals surface area contributed by atoms with Crippen molar-refractivity contribution in [2.24, 2.45) is 0 Å². The lowest BCUT2D eigenvalue weighted by molar-refractivity contribution is -0.140. The molecule has 0 aromatic heterocycles.